The van der Waals surface area contributed by atoms with Crippen LogP contribution in [0.1, 0.15) is 239 Å². The van der Waals surface area contributed by atoms with E-state index in [1.807, 2.05) is 0 Å². The van der Waals surface area contributed by atoms with Crippen LogP contribution in [0, 0.1) is 0 Å². The van der Waals surface area contributed by atoms with E-state index in [1.54, 1.807) is 0 Å². The zero-order valence-corrected chi connectivity index (χ0v) is 30.4. The SMILES string of the molecule is CCCCCCCCCCCCCCCCCC(=O)O.CCCCCCCCCCCCCCCCCC(=O)OCCCC. The van der Waals surface area contributed by atoms with Gasteiger partial charge in [-0.15, -0.1) is 0 Å². The number of hydrogen-bond acceptors (Lipinski definition) is 3. The van der Waals surface area contributed by atoms with Gasteiger partial charge in [0.2, 0.25) is 0 Å². The van der Waals surface area contributed by atoms with Crippen molar-refractivity contribution in [1.29, 1.82) is 0 Å². The van der Waals surface area contributed by atoms with Gasteiger partial charge in [0.1, 0.15) is 0 Å². The molecule has 264 valence electrons. The van der Waals surface area contributed by atoms with Crippen LogP contribution < -0.4 is 0 Å². The molecule has 1 N–H and O–H groups in total. The lowest BCUT2D eigenvalue weighted by atomic mass is 10.0. The molecule has 0 aromatic rings. The Labute approximate surface area is 276 Å². The minimum absolute atomic E-state index is 0.00172. The Morgan fingerprint density at radius 1 is 0.364 bits per heavy atom. The molecule has 0 aromatic carbocycles. The molecule has 4 heteroatoms. The van der Waals surface area contributed by atoms with Crippen LogP contribution in [0.15, 0.2) is 0 Å². The molecule has 44 heavy (non-hydrogen) atoms. The standard InChI is InChI=1S/C22H44O2.C18H36O2/c1-3-5-7-8-9-10-11-12-13-14-15-16-17-18-19-20-22(23)24-21-6-4-2;1-2-3-4-5-6-7-8-9-10-11-12-13-14-15-16-17-18(19)20/h3-21H2,1-2H3;2-17H2,1H3,(H,19,20). The highest BCUT2D eigenvalue weighted by Crippen LogP contribution is 2.15. The van der Waals surface area contributed by atoms with Crippen LogP contribution in [0.25, 0.3) is 0 Å². The third-order valence-corrected chi connectivity index (χ3v) is 8.74. The van der Waals surface area contributed by atoms with Gasteiger partial charge in [0, 0.05) is 12.8 Å². The normalized spacial score (nSPS) is 10.9. The van der Waals surface area contributed by atoms with Crippen LogP contribution in [0.2, 0.25) is 0 Å². The van der Waals surface area contributed by atoms with Crippen LogP contribution in [0.5, 0.6) is 0 Å². The third-order valence-electron chi connectivity index (χ3n) is 8.74. The van der Waals surface area contributed by atoms with Crippen molar-refractivity contribution in [1.82, 2.24) is 0 Å². The summed E-state index contributed by atoms with van der Waals surface area (Å²) >= 11 is 0. The topological polar surface area (TPSA) is 63.6 Å². The van der Waals surface area contributed by atoms with Gasteiger partial charge in [-0.1, -0.05) is 207 Å². The molecule has 0 aliphatic rings. The summed E-state index contributed by atoms with van der Waals surface area (Å²) < 4.78 is 5.16. The van der Waals surface area contributed by atoms with Crippen molar-refractivity contribution in [2.45, 2.75) is 239 Å². The van der Waals surface area contributed by atoms with E-state index in [0.29, 0.717) is 19.4 Å². The maximum Gasteiger partial charge on any atom is 0.305 e. The van der Waals surface area contributed by atoms with Gasteiger partial charge in [0.25, 0.3) is 0 Å². The average molecular weight is 625 g/mol. The molecule has 0 saturated carbocycles. The molecule has 0 unspecified atom stereocenters. The van der Waals surface area contributed by atoms with Crippen molar-refractivity contribution in [2.75, 3.05) is 6.61 Å². The predicted molar refractivity (Wildman–Crippen MR) is 193 cm³/mol. The van der Waals surface area contributed by atoms with E-state index in [0.717, 1.165) is 32.1 Å². The fourth-order valence-electron chi connectivity index (χ4n) is 5.69. The molecule has 0 amide bonds. The molecular weight excluding hydrogens is 544 g/mol. The molecule has 0 aromatic heterocycles. The summed E-state index contributed by atoms with van der Waals surface area (Å²) in [5.74, 6) is -0.655. The number of carbonyl (C=O) groups is 2. The van der Waals surface area contributed by atoms with E-state index in [-0.39, 0.29) is 5.97 Å². The van der Waals surface area contributed by atoms with Crippen LogP contribution in [-0.4, -0.2) is 23.7 Å². The van der Waals surface area contributed by atoms with Crippen LogP contribution in [0.4, 0.5) is 0 Å². The Balaban J connectivity index is 0. The maximum absolute atomic E-state index is 11.4. The zero-order chi connectivity index (χ0) is 32.6. The van der Waals surface area contributed by atoms with Gasteiger partial charge in [-0.3, -0.25) is 9.59 Å². The molecular formula is C40H80O4. The number of aliphatic carboxylic acids is 1. The van der Waals surface area contributed by atoms with Crippen molar-refractivity contribution < 1.29 is 19.4 Å². The average Bonchev–Trinajstić information content (AvgIpc) is 3.01. The maximum atomic E-state index is 11.4. The summed E-state index contributed by atoms with van der Waals surface area (Å²) in [7, 11) is 0. The fourth-order valence-corrected chi connectivity index (χ4v) is 5.69. The first-order valence-electron chi connectivity index (χ1n) is 20.0. The van der Waals surface area contributed by atoms with E-state index in [1.165, 1.54) is 173 Å². The molecule has 0 radical (unpaired) electrons. The van der Waals surface area contributed by atoms with Gasteiger partial charge >= 0.3 is 11.9 Å². The number of carboxylic acids is 1. The number of carboxylic acid groups (broad SMARTS) is 1. The van der Waals surface area contributed by atoms with E-state index >= 15 is 0 Å². The van der Waals surface area contributed by atoms with Crippen molar-refractivity contribution in [2.24, 2.45) is 0 Å². The Hall–Kier alpha value is -1.06. The summed E-state index contributed by atoms with van der Waals surface area (Å²) in [6.07, 6.45) is 43.3. The first kappa shape index (κ1) is 45.1. The van der Waals surface area contributed by atoms with Crippen molar-refractivity contribution >= 4 is 11.9 Å². The minimum Gasteiger partial charge on any atom is -0.481 e. The van der Waals surface area contributed by atoms with Gasteiger partial charge in [-0.2, -0.15) is 0 Å². The lowest BCUT2D eigenvalue weighted by molar-refractivity contribution is -0.144. The Morgan fingerprint density at radius 2 is 0.614 bits per heavy atom. The van der Waals surface area contributed by atoms with E-state index < -0.39 is 5.97 Å². The number of unbranched alkanes of at least 4 members (excludes halogenated alkanes) is 29. The molecule has 0 bridgehead atoms. The van der Waals surface area contributed by atoms with Gasteiger partial charge in [0.05, 0.1) is 6.61 Å². The van der Waals surface area contributed by atoms with E-state index in [9.17, 15) is 9.59 Å². The Kier molecular flexibility index (Phi) is 43.0. The zero-order valence-electron chi connectivity index (χ0n) is 30.4. The second kappa shape index (κ2) is 41.9. The van der Waals surface area contributed by atoms with Crippen LogP contribution >= 0.6 is 0 Å². The molecule has 0 spiro atoms. The van der Waals surface area contributed by atoms with Crippen molar-refractivity contribution in [3.63, 3.8) is 0 Å². The summed E-state index contributed by atoms with van der Waals surface area (Å²) in [6.45, 7) is 7.27. The third kappa shape index (κ3) is 45.4. The second-order valence-corrected chi connectivity index (χ2v) is 13.4. The monoisotopic (exact) mass is 625 g/mol. The van der Waals surface area contributed by atoms with Gasteiger partial charge in [-0.25, -0.2) is 0 Å². The van der Waals surface area contributed by atoms with E-state index in [2.05, 4.69) is 20.8 Å². The molecule has 0 aliphatic carbocycles. The lowest BCUT2D eigenvalue weighted by Crippen LogP contribution is -2.05. The molecule has 4 nitrogen and oxygen atoms in total. The molecule has 0 heterocycles. The summed E-state index contributed by atoms with van der Waals surface area (Å²) in [4.78, 5) is 21.8. The molecule has 0 rings (SSSR count). The fraction of sp³-hybridized carbons (Fsp3) is 0.950. The Morgan fingerprint density at radius 3 is 0.886 bits per heavy atom. The smallest absolute Gasteiger partial charge is 0.305 e. The molecule has 0 aliphatic heterocycles. The van der Waals surface area contributed by atoms with Crippen LogP contribution in [-0.2, 0) is 14.3 Å². The van der Waals surface area contributed by atoms with Crippen molar-refractivity contribution in [3.8, 4) is 0 Å². The van der Waals surface area contributed by atoms with Gasteiger partial charge in [-0.05, 0) is 19.3 Å². The first-order valence-corrected chi connectivity index (χ1v) is 20.0. The summed E-state index contributed by atoms with van der Waals surface area (Å²) in [5.41, 5.74) is 0. The van der Waals surface area contributed by atoms with Crippen LogP contribution in [0.3, 0.4) is 0 Å². The largest absolute Gasteiger partial charge is 0.481 e. The molecule has 0 saturated heterocycles. The van der Waals surface area contributed by atoms with Gasteiger partial charge < -0.3 is 9.84 Å². The Bertz CT molecular complexity index is 547. The van der Waals surface area contributed by atoms with Crippen molar-refractivity contribution in [3.05, 3.63) is 0 Å². The first-order chi connectivity index (χ1) is 21.6. The number of esters is 1. The van der Waals surface area contributed by atoms with E-state index in [4.69, 9.17) is 9.84 Å². The lowest BCUT2D eigenvalue weighted by Gasteiger charge is -2.04. The number of rotatable bonds is 35. The molecule has 0 atom stereocenters. The summed E-state index contributed by atoms with van der Waals surface area (Å²) in [6, 6.07) is 0. The number of ether oxygens (including phenoxy) is 1. The van der Waals surface area contributed by atoms with Gasteiger partial charge in [0.15, 0.2) is 0 Å². The summed E-state index contributed by atoms with van der Waals surface area (Å²) in [5, 5.41) is 8.52. The highest BCUT2D eigenvalue weighted by atomic mass is 16.5. The predicted octanol–water partition coefficient (Wildman–Crippen LogP) is 13.9. The molecule has 0 fully saturated rings. The minimum atomic E-state index is -0.653. The highest BCUT2D eigenvalue weighted by molar-refractivity contribution is 5.69. The highest BCUT2D eigenvalue weighted by Gasteiger charge is 2.02. The quantitative estimate of drug-likeness (QED) is 0.0563. The number of carbonyl (C=O) groups excluding carboxylic acids is 1. The second-order valence-electron chi connectivity index (χ2n) is 13.4. The number of hydrogen-bond donors (Lipinski definition) is 1.